The van der Waals surface area contributed by atoms with Gasteiger partial charge in [-0.15, -0.1) is 0 Å². The average molecular weight is 277 g/mol. The van der Waals surface area contributed by atoms with Crippen LogP contribution in [0.3, 0.4) is 0 Å². The van der Waals surface area contributed by atoms with Crippen LogP contribution in [0.4, 0.5) is 5.69 Å². The van der Waals surface area contributed by atoms with Gasteiger partial charge in [0, 0.05) is 25.4 Å². The molecule has 1 aromatic rings. The quantitative estimate of drug-likeness (QED) is 0.732. The SMILES string of the molecule is NC(=O)CN(CCC1CCCO1)Cc1ccccc1N. The van der Waals surface area contributed by atoms with Crippen molar-refractivity contribution in [3.8, 4) is 0 Å². The molecule has 4 N–H and O–H groups in total. The van der Waals surface area contributed by atoms with Crippen molar-refractivity contribution in [1.29, 1.82) is 0 Å². The summed E-state index contributed by atoms with van der Waals surface area (Å²) in [7, 11) is 0. The largest absolute Gasteiger partial charge is 0.398 e. The van der Waals surface area contributed by atoms with E-state index >= 15 is 0 Å². The van der Waals surface area contributed by atoms with Gasteiger partial charge >= 0.3 is 0 Å². The highest BCUT2D eigenvalue weighted by Gasteiger charge is 2.18. The topological polar surface area (TPSA) is 81.6 Å². The minimum absolute atomic E-state index is 0.251. The van der Waals surface area contributed by atoms with Gasteiger partial charge in [0.15, 0.2) is 0 Å². The van der Waals surface area contributed by atoms with Gasteiger partial charge in [0.1, 0.15) is 0 Å². The first kappa shape index (κ1) is 14.8. The van der Waals surface area contributed by atoms with Gasteiger partial charge in [-0.2, -0.15) is 0 Å². The molecule has 0 saturated carbocycles. The Labute approximate surface area is 119 Å². The fourth-order valence-corrected chi connectivity index (χ4v) is 2.55. The van der Waals surface area contributed by atoms with Gasteiger partial charge in [0.2, 0.25) is 5.91 Å². The Bertz CT molecular complexity index is 444. The Kier molecular flexibility index (Phi) is 5.38. The van der Waals surface area contributed by atoms with Gasteiger partial charge < -0.3 is 16.2 Å². The van der Waals surface area contributed by atoms with E-state index in [0.29, 0.717) is 12.6 Å². The molecule has 0 radical (unpaired) electrons. The number of ether oxygens (including phenoxy) is 1. The van der Waals surface area contributed by atoms with E-state index < -0.39 is 0 Å². The van der Waals surface area contributed by atoms with Crippen molar-refractivity contribution in [1.82, 2.24) is 4.90 Å². The molecule has 1 aliphatic rings. The second-order valence-electron chi connectivity index (χ2n) is 5.30. The molecule has 110 valence electrons. The number of rotatable bonds is 7. The summed E-state index contributed by atoms with van der Waals surface area (Å²) in [6, 6.07) is 7.71. The minimum Gasteiger partial charge on any atom is -0.398 e. The van der Waals surface area contributed by atoms with E-state index in [2.05, 4.69) is 0 Å². The van der Waals surface area contributed by atoms with Crippen molar-refractivity contribution < 1.29 is 9.53 Å². The van der Waals surface area contributed by atoms with Crippen molar-refractivity contribution >= 4 is 11.6 Å². The van der Waals surface area contributed by atoms with Gasteiger partial charge in [0.25, 0.3) is 0 Å². The molecule has 5 heteroatoms. The Balaban J connectivity index is 1.92. The van der Waals surface area contributed by atoms with Gasteiger partial charge in [-0.1, -0.05) is 18.2 Å². The highest BCUT2D eigenvalue weighted by Crippen LogP contribution is 2.18. The lowest BCUT2D eigenvalue weighted by Gasteiger charge is -2.23. The highest BCUT2D eigenvalue weighted by atomic mass is 16.5. The first-order chi connectivity index (χ1) is 9.65. The summed E-state index contributed by atoms with van der Waals surface area (Å²) < 4.78 is 5.61. The lowest BCUT2D eigenvalue weighted by molar-refractivity contribution is -0.119. The number of nitrogen functional groups attached to an aromatic ring is 1. The normalized spacial score (nSPS) is 18.6. The van der Waals surface area contributed by atoms with Gasteiger partial charge in [-0.25, -0.2) is 0 Å². The number of carbonyl (C=O) groups excluding carboxylic acids is 1. The number of hydrogen-bond acceptors (Lipinski definition) is 4. The van der Waals surface area contributed by atoms with E-state index in [-0.39, 0.29) is 12.5 Å². The number of anilines is 1. The third-order valence-corrected chi connectivity index (χ3v) is 3.62. The summed E-state index contributed by atoms with van der Waals surface area (Å²) in [6.07, 6.45) is 3.49. The molecule has 0 aliphatic carbocycles. The van der Waals surface area contributed by atoms with Crippen LogP contribution in [-0.4, -0.2) is 36.6 Å². The van der Waals surface area contributed by atoms with E-state index in [1.54, 1.807) is 0 Å². The zero-order valence-electron chi connectivity index (χ0n) is 11.8. The van der Waals surface area contributed by atoms with Crippen LogP contribution in [0.5, 0.6) is 0 Å². The second-order valence-corrected chi connectivity index (χ2v) is 5.30. The van der Waals surface area contributed by atoms with Crippen LogP contribution in [0.25, 0.3) is 0 Å². The molecule has 1 saturated heterocycles. The van der Waals surface area contributed by atoms with Crippen LogP contribution < -0.4 is 11.5 Å². The lowest BCUT2D eigenvalue weighted by atomic mass is 10.1. The molecule has 1 amide bonds. The van der Waals surface area contributed by atoms with E-state index in [9.17, 15) is 4.79 Å². The molecule has 0 bridgehead atoms. The summed E-state index contributed by atoms with van der Waals surface area (Å²) >= 11 is 0. The summed E-state index contributed by atoms with van der Waals surface area (Å²) in [6.45, 7) is 2.54. The zero-order valence-corrected chi connectivity index (χ0v) is 11.8. The summed E-state index contributed by atoms with van der Waals surface area (Å²) in [4.78, 5) is 13.2. The van der Waals surface area contributed by atoms with Crippen molar-refractivity contribution in [2.24, 2.45) is 5.73 Å². The van der Waals surface area contributed by atoms with Crippen LogP contribution in [0, 0.1) is 0 Å². The fraction of sp³-hybridized carbons (Fsp3) is 0.533. The van der Waals surface area contributed by atoms with Crippen molar-refractivity contribution in [3.05, 3.63) is 29.8 Å². The standard InChI is InChI=1S/C15H23N3O2/c16-14-6-2-1-4-12(14)10-18(11-15(17)19)8-7-13-5-3-9-20-13/h1-2,4,6,13H,3,5,7-11,16H2,(H2,17,19). The Hall–Kier alpha value is -1.59. The maximum Gasteiger partial charge on any atom is 0.231 e. The Morgan fingerprint density at radius 1 is 1.40 bits per heavy atom. The summed E-state index contributed by atoms with van der Waals surface area (Å²) in [5.41, 5.74) is 13.1. The van der Waals surface area contributed by atoms with Crippen LogP contribution in [-0.2, 0) is 16.1 Å². The van der Waals surface area contributed by atoms with Crippen molar-refractivity contribution in [3.63, 3.8) is 0 Å². The third kappa shape index (κ3) is 4.51. The van der Waals surface area contributed by atoms with Gasteiger partial charge in [-0.3, -0.25) is 9.69 Å². The van der Waals surface area contributed by atoms with E-state index in [1.807, 2.05) is 29.2 Å². The van der Waals surface area contributed by atoms with Crippen molar-refractivity contribution in [2.45, 2.75) is 31.9 Å². The monoisotopic (exact) mass is 277 g/mol. The van der Waals surface area contributed by atoms with E-state index in [4.69, 9.17) is 16.2 Å². The molecule has 1 fully saturated rings. The maximum atomic E-state index is 11.2. The molecule has 0 spiro atoms. The predicted molar refractivity (Wildman–Crippen MR) is 78.9 cm³/mol. The van der Waals surface area contributed by atoms with Gasteiger partial charge in [-0.05, 0) is 30.9 Å². The molecular formula is C15H23N3O2. The minimum atomic E-state index is -0.313. The van der Waals surface area contributed by atoms with Crippen LogP contribution in [0.15, 0.2) is 24.3 Å². The van der Waals surface area contributed by atoms with E-state index in [0.717, 1.165) is 43.7 Å². The number of primary amides is 1. The molecule has 5 nitrogen and oxygen atoms in total. The molecular weight excluding hydrogens is 254 g/mol. The molecule has 1 aromatic carbocycles. The Morgan fingerprint density at radius 3 is 2.85 bits per heavy atom. The first-order valence-electron chi connectivity index (χ1n) is 7.11. The number of amides is 1. The molecule has 1 heterocycles. The molecule has 0 aromatic heterocycles. The third-order valence-electron chi connectivity index (χ3n) is 3.62. The van der Waals surface area contributed by atoms with Crippen LogP contribution in [0.2, 0.25) is 0 Å². The fourth-order valence-electron chi connectivity index (χ4n) is 2.55. The van der Waals surface area contributed by atoms with E-state index in [1.165, 1.54) is 0 Å². The average Bonchev–Trinajstić information content (AvgIpc) is 2.91. The molecule has 1 atom stereocenters. The highest BCUT2D eigenvalue weighted by molar-refractivity contribution is 5.75. The summed E-state index contributed by atoms with van der Waals surface area (Å²) in [5, 5.41) is 0. The number of benzene rings is 1. The van der Waals surface area contributed by atoms with Crippen molar-refractivity contribution in [2.75, 3.05) is 25.4 Å². The zero-order chi connectivity index (χ0) is 14.4. The molecule has 1 unspecified atom stereocenters. The van der Waals surface area contributed by atoms with Crippen LogP contribution >= 0.6 is 0 Å². The van der Waals surface area contributed by atoms with Crippen LogP contribution in [0.1, 0.15) is 24.8 Å². The van der Waals surface area contributed by atoms with Gasteiger partial charge in [0.05, 0.1) is 12.6 Å². The predicted octanol–water partition coefficient (Wildman–Crippen LogP) is 1.13. The maximum absolute atomic E-state index is 11.2. The smallest absolute Gasteiger partial charge is 0.231 e. The second kappa shape index (κ2) is 7.26. The molecule has 20 heavy (non-hydrogen) atoms. The number of nitrogens with two attached hydrogens (primary N) is 2. The first-order valence-corrected chi connectivity index (χ1v) is 7.11. The number of hydrogen-bond donors (Lipinski definition) is 2. The molecule has 2 rings (SSSR count). The number of carbonyl (C=O) groups is 1. The Morgan fingerprint density at radius 2 is 2.20 bits per heavy atom. The number of para-hydroxylation sites is 1. The molecule has 1 aliphatic heterocycles. The lowest BCUT2D eigenvalue weighted by Crippen LogP contribution is -2.35. The number of nitrogens with zero attached hydrogens (tertiary/aromatic N) is 1. The summed E-state index contributed by atoms with van der Waals surface area (Å²) in [5.74, 6) is -0.313.